The van der Waals surface area contributed by atoms with E-state index in [-0.39, 0.29) is 0 Å². The summed E-state index contributed by atoms with van der Waals surface area (Å²) in [4.78, 5) is 0. The summed E-state index contributed by atoms with van der Waals surface area (Å²) in [7, 11) is 0. The normalized spacial score (nSPS) is 27.4. The van der Waals surface area contributed by atoms with Crippen LogP contribution in [0.3, 0.4) is 0 Å². The zero-order chi connectivity index (χ0) is 5.82. The summed E-state index contributed by atoms with van der Waals surface area (Å²) < 4.78 is 0. The molecule has 1 saturated heterocycles. The van der Waals surface area contributed by atoms with Crippen LogP contribution < -0.4 is 11.3 Å². The summed E-state index contributed by atoms with van der Waals surface area (Å²) in [6.07, 6.45) is 2.63. The molecule has 3 N–H and O–H groups in total. The van der Waals surface area contributed by atoms with Crippen molar-refractivity contribution in [1.82, 2.24) is 5.43 Å². The van der Waals surface area contributed by atoms with Crippen LogP contribution in [0.25, 0.3) is 0 Å². The van der Waals surface area contributed by atoms with E-state index in [2.05, 4.69) is 5.43 Å². The minimum Gasteiger partial charge on any atom is -0.271 e. The standard InChI is InChI=1S/C5H12N2S/c6-7-3-1-5-2-4-8-5/h5,7H,1-4,6H2. The molecule has 1 aliphatic rings. The van der Waals surface area contributed by atoms with E-state index in [4.69, 9.17) is 5.84 Å². The molecule has 1 rings (SSSR count). The number of hydrazine groups is 1. The van der Waals surface area contributed by atoms with Gasteiger partial charge in [-0.25, -0.2) is 0 Å². The lowest BCUT2D eigenvalue weighted by molar-refractivity contribution is 0.634. The molecule has 0 aromatic rings. The van der Waals surface area contributed by atoms with Crippen molar-refractivity contribution in [3.05, 3.63) is 0 Å². The van der Waals surface area contributed by atoms with Crippen LogP contribution in [0, 0.1) is 0 Å². The number of hydrogen-bond acceptors (Lipinski definition) is 3. The first-order chi connectivity index (χ1) is 3.93. The van der Waals surface area contributed by atoms with Gasteiger partial charge in [0.15, 0.2) is 0 Å². The Bertz CT molecular complexity index is 63.4. The van der Waals surface area contributed by atoms with Gasteiger partial charge < -0.3 is 0 Å². The number of thioether (sulfide) groups is 1. The summed E-state index contributed by atoms with van der Waals surface area (Å²) in [6.45, 7) is 0.970. The Balaban J connectivity index is 1.86. The number of nitrogens with two attached hydrogens (primary N) is 1. The molecule has 8 heavy (non-hydrogen) atoms. The average molecular weight is 132 g/mol. The molecular formula is C5H12N2S. The van der Waals surface area contributed by atoms with Gasteiger partial charge in [-0.15, -0.1) is 0 Å². The Hall–Kier alpha value is 0.270. The Labute approximate surface area is 54.2 Å². The first-order valence-corrected chi connectivity index (χ1v) is 4.03. The summed E-state index contributed by atoms with van der Waals surface area (Å²) in [5, 5.41) is 0.908. The predicted octanol–water partition coefficient (Wildman–Crippen LogP) is 0.345. The van der Waals surface area contributed by atoms with E-state index in [0.717, 1.165) is 11.8 Å². The van der Waals surface area contributed by atoms with Crippen molar-refractivity contribution in [1.29, 1.82) is 0 Å². The smallest absolute Gasteiger partial charge is 0.0108 e. The fraction of sp³-hybridized carbons (Fsp3) is 1.00. The van der Waals surface area contributed by atoms with Gasteiger partial charge >= 0.3 is 0 Å². The minimum atomic E-state index is 0.908. The second kappa shape index (κ2) is 3.33. The van der Waals surface area contributed by atoms with E-state index >= 15 is 0 Å². The van der Waals surface area contributed by atoms with Crippen molar-refractivity contribution in [2.24, 2.45) is 5.84 Å². The molecule has 2 nitrogen and oxygen atoms in total. The van der Waals surface area contributed by atoms with E-state index in [1.807, 2.05) is 11.8 Å². The molecule has 1 heterocycles. The van der Waals surface area contributed by atoms with Crippen LogP contribution in [0.15, 0.2) is 0 Å². The van der Waals surface area contributed by atoms with Crippen LogP contribution >= 0.6 is 11.8 Å². The third-order valence-corrected chi connectivity index (χ3v) is 2.82. The van der Waals surface area contributed by atoms with E-state index in [1.54, 1.807) is 0 Å². The van der Waals surface area contributed by atoms with Gasteiger partial charge in [-0.05, 0) is 18.6 Å². The van der Waals surface area contributed by atoms with Gasteiger partial charge in [0.25, 0.3) is 0 Å². The van der Waals surface area contributed by atoms with Gasteiger partial charge in [-0.2, -0.15) is 11.8 Å². The topological polar surface area (TPSA) is 38.0 Å². The molecule has 1 unspecified atom stereocenters. The summed E-state index contributed by atoms with van der Waals surface area (Å²) in [5.74, 6) is 6.45. The average Bonchev–Trinajstić information content (AvgIpc) is 1.63. The second-order valence-corrected chi connectivity index (χ2v) is 3.43. The second-order valence-electron chi connectivity index (χ2n) is 2.02. The van der Waals surface area contributed by atoms with Crippen LogP contribution in [0.4, 0.5) is 0 Å². The van der Waals surface area contributed by atoms with Crippen molar-refractivity contribution >= 4 is 11.8 Å². The summed E-state index contributed by atoms with van der Waals surface area (Å²) in [6, 6.07) is 0. The largest absolute Gasteiger partial charge is 0.271 e. The van der Waals surface area contributed by atoms with Gasteiger partial charge in [-0.3, -0.25) is 11.3 Å². The van der Waals surface area contributed by atoms with E-state index in [9.17, 15) is 0 Å². The van der Waals surface area contributed by atoms with Gasteiger partial charge in [0.1, 0.15) is 0 Å². The molecule has 0 aliphatic carbocycles. The van der Waals surface area contributed by atoms with Crippen LogP contribution in [0.2, 0.25) is 0 Å². The lowest BCUT2D eigenvalue weighted by Crippen LogP contribution is -2.28. The highest BCUT2D eigenvalue weighted by atomic mass is 32.2. The summed E-state index contributed by atoms with van der Waals surface area (Å²) in [5.41, 5.74) is 2.65. The van der Waals surface area contributed by atoms with Gasteiger partial charge in [0, 0.05) is 11.8 Å². The number of rotatable bonds is 3. The van der Waals surface area contributed by atoms with E-state index in [0.29, 0.717) is 0 Å². The summed E-state index contributed by atoms with van der Waals surface area (Å²) >= 11 is 2.05. The minimum absolute atomic E-state index is 0.908. The van der Waals surface area contributed by atoms with Crippen LogP contribution in [0.5, 0.6) is 0 Å². The Morgan fingerprint density at radius 2 is 2.50 bits per heavy atom. The van der Waals surface area contributed by atoms with Crippen LogP contribution in [-0.4, -0.2) is 17.5 Å². The molecule has 0 aromatic carbocycles. The quantitative estimate of drug-likeness (QED) is 0.430. The molecule has 0 radical (unpaired) electrons. The van der Waals surface area contributed by atoms with Crippen molar-refractivity contribution in [3.8, 4) is 0 Å². The maximum Gasteiger partial charge on any atom is 0.0108 e. The molecular weight excluding hydrogens is 120 g/mol. The van der Waals surface area contributed by atoms with Gasteiger partial charge in [-0.1, -0.05) is 0 Å². The molecule has 0 bridgehead atoms. The van der Waals surface area contributed by atoms with Gasteiger partial charge in [0.05, 0.1) is 0 Å². The third-order valence-electron chi connectivity index (χ3n) is 1.40. The highest BCUT2D eigenvalue weighted by Crippen LogP contribution is 2.29. The van der Waals surface area contributed by atoms with Crippen molar-refractivity contribution in [3.63, 3.8) is 0 Å². The zero-order valence-electron chi connectivity index (χ0n) is 4.89. The monoisotopic (exact) mass is 132 g/mol. The van der Waals surface area contributed by atoms with Crippen molar-refractivity contribution in [2.45, 2.75) is 18.1 Å². The highest BCUT2D eigenvalue weighted by molar-refractivity contribution is 8.01. The zero-order valence-corrected chi connectivity index (χ0v) is 5.71. The lowest BCUT2D eigenvalue weighted by Gasteiger charge is -2.24. The molecule has 1 atom stereocenters. The van der Waals surface area contributed by atoms with Crippen LogP contribution in [-0.2, 0) is 0 Å². The molecule has 1 fully saturated rings. The van der Waals surface area contributed by atoms with E-state index in [1.165, 1.54) is 18.6 Å². The molecule has 0 amide bonds. The van der Waals surface area contributed by atoms with Crippen molar-refractivity contribution < 1.29 is 0 Å². The molecule has 0 spiro atoms. The molecule has 48 valence electrons. The molecule has 1 aliphatic heterocycles. The van der Waals surface area contributed by atoms with Gasteiger partial charge in [0.2, 0.25) is 0 Å². The molecule has 3 heteroatoms. The third kappa shape index (κ3) is 1.65. The fourth-order valence-corrected chi connectivity index (χ4v) is 1.61. The maximum absolute atomic E-state index is 5.10. The number of hydrogen-bond donors (Lipinski definition) is 2. The molecule has 0 saturated carbocycles. The maximum atomic E-state index is 5.10. The Morgan fingerprint density at radius 3 is 2.88 bits per heavy atom. The first kappa shape index (κ1) is 6.39. The lowest BCUT2D eigenvalue weighted by atomic mass is 10.2. The fourth-order valence-electron chi connectivity index (χ4n) is 0.757. The molecule has 0 aromatic heterocycles. The predicted molar refractivity (Wildman–Crippen MR) is 37.7 cm³/mol. The number of nitrogens with one attached hydrogen (secondary N) is 1. The van der Waals surface area contributed by atoms with Crippen molar-refractivity contribution in [2.75, 3.05) is 12.3 Å². The SMILES string of the molecule is NNCCC1CCS1. The highest BCUT2D eigenvalue weighted by Gasteiger charge is 2.16. The van der Waals surface area contributed by atoms with Crippen LogP contribution in [0.1, 0.15) is 12.8 Å². The Kier molecular flexibility index (Phi) is 2.66. The Morgan fingerprint density at radius 1 is 1.75 bits per heavy atom. The first-order valence-electron chi connectivity index (χ1n) is 2.98. The van der Waals surface area contributed by atoms with E-state index < -0.39 is 0 Å².